The topological polar surface area (TPSA) is 51.2 Å². The van der Waals surface area contributed by atoms with Crippen molar-refractivity contribution >= 4 is 26.9 Å². The Kier molecular flexibility index (Phi) is 4.45. The van der Waals surface area contributed by atoms with Crippen LogP contribution in [0.4, 0.5) is 0 Å². The molecule has 19 heavy (non-hydrogen) atoms. The quantitative estimate of drug-likeness (QED) is 0.914. The molecule has 1 aromatic rings. The molecular weight excluding hydrogens is 328 g/mol. The standard InChI is InChI=1S/C13H19BrN2O2S/c1-12(2,3)19(17)16-13(6-7-18-9-13)11-5-4-10(14)8-15-11/h4-5,8,16H,6-7,9H2,1-3H3. The van der Waals surface area contributed by atoms with Gasteiger partial charge in [0.2, 0.25) is 0 Å². The van der Waals surface area contributed by atoms with Crippen LogP contribution in [0.5, 0.6) is 0 Å². The van der Waals surface area contributed by atoms with Gasteiger partial charge >= 0.3 is 0 Å². The second-order valence-electron chi connectivity index (χ2n) is 5.73. The van der Waals surface area contributed by atoms with Gasteiger partial charge in [-0.2, -0.15) is 0 Å². The van der Waals surface area contributed by atoms with Gasteiger partial charge in [0, 0.05) is 17.3 Å². The van der Waals surface area contributed by atoms with Gasteiger partial charge in [0.05, 0.1) is 33.6 Å². The van der Waals surface area contributed by atoms with E-state index in [1.807, 2.05) is 32.9 Å². The van der Waals surface area contributed by atoms with Gasteiger partial charge in [-0.3, -0.25) is 4.98 Å². The molecule has 0 bridgehead atoms. The van der Waals surface area contributed by atoms with Crippen LogP contribution in [0.1, 0.15) is 32.9 Å². The highest BCUT2D eigenvalue weighted by Crippen LogP contribution is 2.31. The van der Waals surface area contributed by atoms with Gasteiger partial charge in [-0.15, -0.1) is 0 Å². The van der Waals surface area contributed by atoms with Crippen LogP contribution >= 0.6 is 15.9 Å². The summed E-state index contributed by atoms with van der Waals surface area (Å²) in [6.07, 6.45) is 2.54. The van der Waals surface area contributed by atoms with Gasteiger partial charge in [-0.1, -0.05) is 0 Å². The van der Waals surface area contributed by atoms with E-state index < -0.39 is 16.5 Å². The van der Waals surface area contributed by atoms with Crippen LogP contribution in [0.25, 0.3) is 0 Å². The lowest BCUT2D eigenvalue weighted by Gasteiger charge is -2.31. The Hall–Kier alpha value is -0.300. The number of pyridine rings is 1. The number of aromatic nitrogens is 1. The monoisotopic (exact) mass is 346 g/mol. The van der Waals surface area contributed by atoms with E-state index >= 15 is 0 Å². The third-order valence-electron chi connectivity index (χ3n) is 3.08. The average Bonchev–Trinajstić information content (AvgIpc) is 2.78. The predicted molar refractivity (Wildman–Crippen MR) is 80.1 cm³/mol. The molecule has 0 amide bonds. The highest BCUT2D eigenvalue weighted by atomic mass is 79.9. The number of halogens is 1. The second-order valence-corrected chi connectivity index (χ2v) is 8.61. The van der Waals surface area contributed by atoms with Crippen LogP contribution < -0.4 is 4.72 Å². The Labute approximate surface area is 125 Å². The number of nitrogens with one attached hydrogen (secondary N) is 1. The van der Waals surface area contributed by atoms with Crippen LogP contribution in [0.15, 0.2) is 22.8 Å². The maximum atomic E-state index is 12.4. The molecule has 6 heteroatoms. The molecule has 0 aliphatic carbocycles. The summed E-state index contributed by atoms with van der Waals surface area (Å²) >= 11 is 3.38. The molecule has 4 nitrogen and oxygen atoms in total. The number of ether oxygens (including phenoxy) is 1. The molecule has 0 saturated carbocycles. The molecule has 2 unspecified atom stereocenters. The van der Waals surface area contributed by atoms with Crippen molar-refractivity contribution in [1.29, 1.82) is 0 Å². The molecular formula is C13H19BrN2O2S. The number of hydrogen-bond acceptors (Lipinski definition) is 3. The number of nitrogens with zero attached hydrogens (tertiary/aromatic N) is 1. The molecule has 2 rings (SSSR count). The first kappa shape index (κ1) is 15.1. The predicted octanol–water partition coefficient (Wildman–Crippen LogP) is 2.51. The SMILES string of the molecule is CC(C)(C)S(=O)NC1(c2ccc(Br)cn2)CCOC1. The smallest absolute Gasteiger partial charge is 0.0979 e. The first-order valence-corrected chi connectivity index (χ1v) is 8.17. The number of hydrogen-bond donors (Lipinski definition) is 1. The highest BCUT2D eigenvalue weighted by molar-refractivity contribution is 9.10. The normalized spacial score (nSPS) is 25.5. The maximum Gasteiger partial charge on any atom is 0.0979 e. The lowest BCUT2D eigenvalue weighted by atomic mass is 9.95. The van der Waals surface area contributed by atoms with Gasteiger partial charge in [0.25, 0.3) is 0 Å². The van der Waals surface area contributed by atoms with Gasteiger partial charge < -0.3 is 4.74 Å². The molecule has 106 valence electrons. The molecule has 0 spiro atoms. The fourth-order valence-corrected chi connectivity index (χ4v) is 3.05. The molecule has 2 atom stereocenters. The minimum absolute atomic E-state index is 0.315. The summed E-state index contributed by atoms with van der Waals surface area (Å²) in [7, 11) is -1.15. The van der Waals surface area contributed by atoms with E-state index in [0.29, 0.717) is 13.2 Å². The van der Waals surface area contributed by atoms with Gasteiger partial charge in [0.1, 0.15) is 0 Å². The van der Waals surface area contributed by atoms with E-state index in [1.165, 1.54) is 0 Å². The molecule has 1 N–H and O–H groups in total. The van der Waals surface area contributed by atoms with E-state index in [0.717, 1.165) is 16.6 Å². The van der Waals surface area contributed by atoms with Crippen molar-refractivity contribution in [2.24, 2.45) is 0 Å². The van der Waals surface area contributed by atoms with Crippen LogP contribution in [0, 0.1) is 0 Å². The van der Waals surface area contributed by atoms with Crippen LogP contribution in [-0.2, 0) is 21.3 Å². The Morgan fingerprint density at radius 1 is 1.47 bits per heavy atom. The zero-order valence-corrected chi connectivity index (χ0v) is 13.8. The molecule has 1 aliphatic heterocycles. The largest absolute Gasteiger partial charge is 0.379 e. The molecule has 2 heterocycles. The minimum atomic E-state index is -1.15. The summed E-state index contributed by atoms with van der Waals surface area (Å²) in [4.78, 5) is 4.44. The lowest BCUT2D eigenvalue weighted by Crippen LogP contribution is -2.49. The molecule has 1 aliphatic rings. The summed E-state index contributed by atoms with van der Waals surface area (Å²) in [5.41, 5.74) is 0.435. The average molecular weight is 347 g/mol. The van der Waals surface area contributed by atoms with Gasteiger partial charge in [-0.05, 0) is 55.3 Å². The summed E-state index contributed by atoms with van der Waals surface area (Å²) in [5, 5.41) is 0. The third kappa shape index (κ3) is 3.42. The second kappa shape index (κ2) is 5.60. The molecule has 1 fully saturated rings. The van der Waals surface area contributed by atoms with Gasteiger partial charge in [-0.25, -0.2) is 8.93 Å². The molecule has 0 aromatic carbocycles. The Morgan fingerprint density at radius 3 is 2.68 bits per heavy atom. The van der Waals surface area contributed by atoms with E-state index in [2.05, 4.69) is 25.6 Å². The summed E-state index contributed by atoms with van der Waals surface area (Å²) in [6.45, 7) is 7.02. The molecule has 1 saturated heterocycles. The van der Waals surface area contributed by atoms with E-state index in [9.17, 15) is 4.21 Å². The number of rotatable bonds is 3. The highest BCUT2D eigenvalue weighted by Gasteiger charge is 2.41. The zero-order valence-electron chi connectivity index (χ0n) is 11.4. The summed E-state index contributed by atoms with van der Waals surface area (Å²) in [5.74, 6) is 0. The van der Waals surface area contributed by atoms with Crippen LogP contribution in [0.2, 0.25) is 0 Å². The van der Waals surface area contributed by atoms with Crippen LogP contribution in [0.3, 0.4) is 0 Å². The van der Waals surface area contributed by atoms with Crippen molar-refractivity contribution in [3.05, 3.63) is 28.5 Å². The third-order valence-corrected chi connectivity index (χ3v) is 5.24. The first-order chi connectivity index (χ1) is 8.83. The van der Waals surface area contributed by atoms with E-state index in [1.54, 1.807) is 6.20 Å². The summed E-state index contributed by atoms with van der Waals surface area (Å²) in [6, 6.07) is 3.90. The van der Waals surface area contributed by atoms with Crippen molar-refractivity contribution in [2.45, 2.75) is 37.5 Å². The van der Waals surface area contributed by atoms with Crippen molar-refractivity contribution in [3.63, 3.8) is 0 Å². The Bertz CT molecular complexity index is 465. The lowest BCUT2D eigenvalue weighted by molar-refractivity contribution is 0.173. The summed E-state index contributed by atoms with van der Waals surface area (Å²) < 4.78 is 21.7. The Morgan fingerprint density at radius 2 is 2.21 bits per heavy atom. The Balaban J connectivity index is 2.28. The van der Waals surface area contributed by atoms with Crippen molar-refractivity contribution in [2.75, 3.05) is 13.2 Å². The molecule has 1 aromatic heterocycles. The maximum absolute atomic E-state index is 12.4. The van der Waals surface area contributed by atoms with E-state index in [-0.39, 0.29) is 4.75 Å². The molecule has 0 radical (unpaired) electrons. The van der Waals surface area contributed by atoms with Gasteiger partial charge in [0.15, 0.2) is 0 Å². The minimum Gasteiger partial charge on any atom is -0.379 e. The van der Waals surface area contributed by atoms with Crippen molar-refractivity contribution in [1.82, 2.24) is 9.71 Å². The van der Waals surface area contributed by atoms with E-state index in [4.69, 9.17) is 4.74 Å². The fourth-order valence-electron chi connectivity index (χ4n) is 1.89. The first-order valence-electron chi connectivity index (χ1n) is 6.23. The van der Waals surface area contributed by atoms with Crippen molar-refractivity contribution < 1.29 is 8.95 Å². The van der Waals surface area contributed by atoms with Crippen molar-refractivity contribution in [3.8, 4) is 0 Å². The zero-order chi connectivity index (χ0) is 14.1. The fraction of sp³-hybridized carbons (Fsp3) is 0.615. The van der Waals surface area contributed by atoms with Crippen LogP contribution in [-0.4, -0.2) is 27.2 Å².